The Kier molecular flexibility index (Phi) is 12.8. The van der Waals surface area contributed by atoms with Crippen LogP contribution in [-0.4, -0.2) is 123 Å². The summed E-state index contributed by atoms with van der Waals surface area (Å²) < 4.78 is 20.9. The molecular formula is C37H62N6O8Si2. The number of benzene rings is 1. The normalized spacial score (nSPS) is 16.9. The molecule has 4 amide bonds. The largest absolute Gasteiger partial charge is 0.444 e. The van der Waals surface area contributed by atoms with Gasteiger partial charge >= 0.3 is 11.8 Å². The lowest BCUT2D eigenvalue weighted by Crippen LogP contribution is -2.48. The van der Waals surface area contributed by atoms with E-state index >= 15 is 0 Å². The summed E-state index contributed by atoms with van der Waals surface area (Å²) in [7, 11) is -1.84. The minimum Gasteiger partial charge on any atom is -0.444 e. The van der Waals surface area contributed by atoms with Crippen LogP contribution in [0.5, 0.6) is 0 Å². The van der Waals surface area contributed by atoms with Gasteiger partial charge in [-0.3, -0.25) is 28.4 Å². The van der Waals surface area contributed by atoms with Gasteiger partial charge in [0.15, 0.2) is 8.32 Å². The van der Waals surface area contributed by atoms with Crippen LogP contribution < -0.4 is 11.0 Å². The summed E-state index contributed by atoms with van der Waals surface area (Å²) in [5.74, 6) is -1.06. The molecule has 3 heterocycles. The zero-order valence-electron chi connectivity index (χ0n) is 34.0. The number of likely N-dealkylation sites (tertiary alicyclic amines) is 1. The Morgan fingerprint density at radius 3 is 2.26 bits per heavy atom. The summed E-state index contributed by atoms with van der Waals surface area (Å²) in [6.07, 6.45) is -0.182. The second-order valence-electron chi connectivity index (χ2n) is 18.0. The fourth-order valence-electron chi connectivity index (χ4n) is 6.08. The molecule has 2 aliphatic heterocycles. The van der Waals surface area contributed by atoms with E-state index in [2.05, 4.69) is 58.8 Å². The summed E-state index contributed by atoms with van der Waals surface area (Å²) in [5, 5.41) is 3.35. The quantitative estimate of drug-likeness (QED) is 0.148. The van der Waals surface area contributed by atoms with Crippen molar-refractivity contribution in [2.24, 2.45) is 0 Å². The van der Waals surface area contributed by atoms with E-state index in [0.717, 1.165) is 10.9 Å². The van der Waals surface area contributed by atoms with E-state index in [4.69, 9.17) is 13.9 Å². The molecule has 1 saturated heterocycles. The Balaban J connectivity index is 1.65. The third-order valence-electron chi connectivity index (χ3n) is 10.3. The van der Waals surface area contributed by atoms with Gasteiger partial charge in [-0.15, -0.1) is 0 Å². The minimum atomic E-state index is -2.11. The number of rotatable bonds is 14. The third kappa shape index (κ3) is 9.99. The zero-order chi connectivity index (χ0) is 39.7. The molecule has 0 radical (unpaired) electrons. The van der Waals surface area contributed by atoms with Crippen LogP contribution in [0.3, 0.4) is 0 Å². The number of carbonyl (C=O) groups is 4. The fraction of sp³-hybridized carbons (Fsp3) is 0.703. The third-order valence-corrected chi connectivity index (χ3v) is 16.6. The van der Waals surface area contributed by atoms with Gasteiger partial charge in [-0.25, -0.2) is 9.59 Å². The van der Waals surface area contributed by atoms with E-state index in [-0.39, 0.29) is 55.2 Å². The second kappa shape index (κ2) is 16.1. The maximum Gasteiger partial charge on any atom is 0.410 e. The van der Waals surface area contributed by atoms with Gasteiger partial charge in [-0.2, -0.15) is 0 Å². The van der Waals surface area contributed by atoms with Crippen molar-refractivity contribution in [3.63, 3.8) is 0 Å². The lowest BCUT2D eigenvalue weighted by atomic mass is 10.0. The van der Waals surface area contributed by atoms with E-state index in [9.17, 15) is 24.0 Å². The number of aromatic nitrogens is 2. The second-order valence-corrected chi connectivity index (χ2v) is 28.4. The average molecular weight is 775 g/mol. The van der Waals surface area contributed by atoms with Crippen LogP contribution in [0.2, 0.25) is 43.8 Å². The molecule has 0 aliphatic carbocycles. The first-order valence-corrected chi connectivity index (χ1v) is 25.4. The first kappa shape index (κ1) is 42.3. The van der Waals surface area contributed by atoms with Crippen LogP contribution in [0.15, 0.2) is 16.9 Å². The molecule has 2 aliphatic rings. The SMILES string of the molecule is CN(CCN(CCO[Si](C)(C)C(C)(C)C)C(=O)c1ccc2c3c1NCCn3c(=O)n2C1CCC(=O)N(COCC[Si](C)(C)C)C1=O)C(=O)OC(C)(C)C. The molecule has 53 heavy (non-hydrogen) atoms. The summed E-state index contributed by atoms with van der Waals surface area (Å²) in [6.45, 7) is 25.0. The summed E-state index contributed by atoms with van der Waals surface area (Å²) in [4.78, 5) is 72.2. The Morgan fingerprint density at radius 1 is 0.962 bits per heavy atom. The summed E-state index contributed by atoms with van der Waals surface area (Å²) >= 11 is 0. The number of piperidine rings is 1. The number of nitrogens with zero attached hydrogens (tertiary/aromatic N) is 5. The van der Waals surface area contributed by atoms with Gasteiger partial charge in [0.1, 0.15) is 18.4 Å². The maximum absolute atomic E-state index is 14.5. The summed E-state index contributed by atoms with van der Waals surface area (Å²) in [5.41, 5.74) is 0.911. The standard InChI is InChI=1S/C37H62N6O8Si2/c1-36(2,3)51-35(48)39(7)19-20-40(21-22-50-53(11,12)37(4,5)6)32(45)26-13-14-27-31-30(26)38-17-18-41(31)34(47)43(27)28-15-16-29(44)42(33(28)46)25-49-23-24-52(8,9)10/h13-14,28,38H,15-25H2,1-12H3. The monoisotopic (exact) mass is 774 g/mol. The molecule has 1 N–H and O–H groups in total. The van der Waals surface area contributed by atoms with E-state index < -0.39 is 40.0 Å². The maximum atomic E-state index is 14.5. The highest BCUT2D eigenvalue weighted by atomic mass is 28.4. The number of likely N-dealkylation sites (N-methyl/N-ethyl adjacent to an activating group) is 1. The molecule has 1 aromatic carbocycles. The van der Waals surface area contributed by atoms with Crippen LogP contribution in [0.4, 0.5) is 10.5 Å². The summed E-state index contributed by atoms with van der Waals surface area (Å²) in [6, 6.07) is 3.42. The van der Waals surface area contributed by atoms with Crippen LogP contribution in [0.1, 0.15) is 70.8 Å². The molecule has 16 heteroatoms. The van der Waals surface area contributed by atoms with Gasteiger partial charge in [0.25, 0.3) is 11.8 Å². The zero-order valence-corrected chi connectivity index (χ0v) is 36.0. The first-order chi connectivity index (χ1) is 24.4. The molecule has 1 atom stereocenters. The van der Waals surface area contributed by atoms with Gasteiger partial charge in [0.2, 0.25) is 5.91 Å². The van der Waals surface area contributed by atoms with E-state index in [1.54, 1.807) is 49.4 Å². The van der Waals surface area contributed by atoms with Crippen LogP contribution in [0, 0.1) is 0 Å². The number of hydrogen-bond donors (Lipinski definition) is 1. The number of amides is 4. The topological polar surface area (TPSA) is 145 Å². The molecule has 0 bridgehead atoms. The average Bonchev–Trinajstić information content (AvgIpc) is 3.32. The molecular weight excluding hydrogens is 713 g/mol. The number of carbonyl (C=O) groups excluding carboxylic acids is 4. The molecule has 1 fully saturated rings. The van der Waals surface area contributed by atoms with Crippen LogP contribution in [-0.2, 0) is 30.0 Å². The van der Waals surface area contributed by atoms with Crippen molar-refractivity contribution >= 4 is 56.9 Å². The highest BCUT2D eigenvalue weighted by Crippen LogP contribution is 2.37. The van der Waals surface area contributed by atoms with Gasteiger partial charge in [-0.1, -0.05) is 40.4 Å². The lowest BCUT2D eigenvalue weighted by molar-refractivity contribution is -0.157. The Morgan fingerprint density at radius 2 is 1.64 bits per heavy atom. The Labute approximate surface area is 316 Å². The number of nitrogens with one attached hydrogen (secondary N) is 1. The first-order valence-electron chi connectivity index (χ1n) is 18.7. The van der Waals surface area contributed by atoms with Crippen molar-refractivity contribution < 1.29 is 33.1 Å². The van der Waals surface area contributed by atoms with Crippen molar-refractivity contribution in [2.75, 3.05) is 58.5 Å². The number of anilines is 1. The van der Waals surface area contributed by atoms with Crippen molar-refractivity contribution in [1.82, 2.24) is 23.8 Å². The number of imidazole rings is 1. The van der Waals surface area contributed by atoms with E-state index in [1.807, 2.05) is 0 Å². The van der Waals surface area contributed by atoms with Crippen molar-refractivity contribution in [1.29, 1.82) is 0 Å². The molecule has 4 rings (SSSR count). The predicted octanol–water partition coefficient (Wildman–Crippen LogP) is 5.56. The van der Waals surface area contributed by atoms with Crippen molar-refractivity contribution in [3.05, 3.63) is 28.2 Å². The molecule has 14 nitrogen and oxygen atoms in total. The fourth-order valence-corrected chi connectivity index (χ4v) is 7.87. The van der Waals surface area contributed by atoms with E-state index in [1.165, 1.54) is 9.47 Å². The smallest absolute Gasteiger partial charge is 0.410 e. The number of hydrogen-bond acceptors (Lipinski definition) is 9. The molecule has 1 unspecified atom stereocenters. The highest BCUT2D eigenvalue weighted by molar-refractivity contribution is 6.76. The molecule has 1 aromatic heterocycles. The minimum absolute atomic E-state index is 0.0145. The van der Waals surface area contributed by atoms with Crippen LogP contribution in [0.25, 0.3) is 11.0 Å². The molecule has 0 saturated carbocycles. The number of ether oxygens (including phenoxy) is 2. The molecule has 2 aromatic rings. The molecule has 296 valence electrons. The van der Waals surface area contributed by atoms with Crippen molar-refractivity contribution in [3.8, 4) is 0 Å². The van der Waals surface area contributed by atoms with Gasteiger partial charge < -0.3 is 29.0 Å². The highest BCUT2D eigenvalue weighted by Gasteiger charge is 2.40. The van der Waals surface area contributed by atoms with Crippen LogP contribution >= 0.6 is 0 Å². The molecule has 0 spiro atoms. The lowest BCUT2D eigenvalue weighted by Gasteiger charge is -2.37. The van der Waals surface area contributed by atoms with Gasteiger partial charge in [0, 0.05) is 60.9 Å². The van der Waals surface area contributed by atoms with Gasteiger partial charge in [-0.05, 0) is 63.5 Å². The Hall–Kier alpha value is -3.48. The van der Waals surface area contributed by atoms with Gasteiger partial charge in [0.05, 0.1) is 28.9 Å². The predicted molar refractivity (Wildman–Crippen MR) is 212 cm³/mol. The van der Waals surface area contributed by atoms with E-state index in [0.29, 0.717) is 55.1 Å². The Bertz CT molecular complexity index is 1750. The van der Waals surface area contributed by atoms with Crippen molar-refractivity contribution in [2.45, 2.75) is 116 Å². The number of imide groups is 1.